The number of ether oxygens (including phenoxy) is 2. The number of aryl methyl sites for hydroxylation is 1. The number of rotatable bonds is 8. The van der Waals surface area contributed by atoms with Crippen LogP contribution in [-0.2, 0) is 16.0 Å². The Morgan fingerprint density at radius 1 is 0.844 bits per heavy atom. The highest BCUT2D eigenvalue weighted by atomic mass is 16.5. The Bertz CT molecular complexity index is 1130. The molecule has 0 aliphatic rings. The lowest BCUT2D eigenvalue weighted by molar-refractivity contribution is -0.131. The Hall–Kier alpha value is -4.13. The molecule has 2 amide bonds. The molecule has 0 spiro atoms. The monoisotopic (exact) mass is 432 g/mol. The molecule has 0 aromatic heterocycles. The molecule has 0 atom stereocenters. The summed E-state index contributed by atoms with van der Waals surface area (Å²) < 4.78 is 10.4. The molecule has 0 unspecified atom stereocenters. The Kier molecular flexibility index (Phi) is 7.59. The SMILES string of the molecule is COc1ccccc1CCC(=O)Nc1ccccc1NC(=O)c1cccc(OC(C)=O)c1. The van der Waals surface area contributed by atoms with Gasteiger partial charge in [0, 0.05) is 18.9 Å². The number of amides is 2. The van der Waals surface area contributed by atoms with Crippen LogP contribution in [0.3, 0.4) is 0 Å². The fraction of sp³-hybridized carbons (Fsp3) is 0.160. The molecular weight excluding hydrogens is 408 g/mol. The van der Waals surface area contributed by atoms with Gasteiger partial charge in [-0.25, -0.2) is 0 Å². The zero-order valence-electron chi connectivity index (χ0n) is 17.9. The Labute approximate surface area is 186 Å². The summed E-state index contributed by atoms with van der Waals surface area (Å²) >= 11 is 0. The summed E-state index contributed by atoms with van der Waals surface area (Å²) in [6.45, 7) is 1.29. The van der Waals surface area contributed by atoms with Crippen LogP contribution in [0.1, 0.15) is 29.3 Å². The van der Waals surface area contributed by atoms with Crippen LogP contribution in [0.25, 0.3) is 0 Å². The third-order valence-corrected chi connectivity index (χ3v) is 4.62. The molecule has 0 aliphatic heterocycles. The van der Waals surface area contributed by atoms with Crippen molar-refractivity contribution in [1.29, 1.82) is 0 Å². The number of methoxy groups -OCH3 is 1. The zero-order chi connectivity index (χ0) is 22.9. The van der Waals surface area contributed by atoms with E-state index in [1.807, 2.05) is 24.3 Å². The second-order valence-corrected chi connectivity index (χ2v) is 6.98. The van der Waals surface area contributed by atoms with Crippen molar-refractivity contribution in [3.05, 3.63) is 83.9 Å². The van der Waals surface area contributed by atoms with E-state index in [1.165, 1.54) is 13.0 Å². The lowest BCUT2D eigenvalue weighted by Crippen LogP contribution is -2.17. The van der Waals surface area contributed by atoms with Crippen LogP contribution in [0.4, 0.5) is 11.4 Å². The molecule has 164 valence electrons. The van der Waals surface area contributed by atoms with Gasteiger partial charge in [-0.15, -0.1) is 0 Å². The van der Waals surface area contributed by atoms with E-state index < -0.39 is 11.9 Å². The number of esters is 1. The minimum absolute atomic E-state index is 0.186. The van der Waals surface area contributed by atoms with E-state index in [-0.39, 0.29) is 18.1 Å². The second-order valence-electron chi connectivity index (χ2n) is 6.98. The Morgan fingerprint density at radius 3 is 2.25 bits per heavy atom. The summed E-state index contributed by atoms with van der Waals surface area (Å²) in [5.74, 6) is -0.0278. The van der Waals surface area contributed by atoms with E-state index in [4.69, 9.17) is 9.47 Å². The minimum atomic E-state index is -0.469. The maximum Gasteiger partial charge on any atom is 0.308 e. The van der Waals surface area contributed by atoms with Gasteiger partial charge in [0.25, 0.3) is 5.91 Å². The fourth-order valence-electron chi connectivity index (χ4n) is 3.13. The topological polar surface area (TPSA) is 93.7 Å². The average molecular weight is 432 g/mol. The highest BCUT2D eigenvalue weighted by molar-refractivity contribution is 6.07. The van der Waals surface area contributed by atoms with Gasteiger partial charge in [0.15, 0.2) is 0 Å². The molecule has 7 nitrogen and oxygen atoms in total. The van der Waals surface area contributed by atoms with Gasteiger partial charge >= 0.3 is 5.97 Å². The van der Waals surface area contributed by atoms with Crippen molar-refractivity contribution >= 4 is 29.2 Å². The average Bonchev–Trinajstić information content (AvgIpc) is 2.79. The second kappa shape index (κ2) is 10.8. The van der Waals surface area contributed by atoms with Crippen LogP contribution in [-0.4, -0.2) is 24.9 Å². The number of hydrogen-bond donors (Lipinski definition) is 2. The zero-order valence-corrected chi connectivity index (χ0v) is 17.9. The van der Waals surface area contributed by atoms with Crippen LogP contribution in [0.5, 0.6) is 11.5 Å². The van der Waals surface area contributed by atoms with Gasteiger partial charge in [-0.3, -0.25) is 14.4 Å². The third kappa shape index (κ3) is 6.18. The maximum atomic E-state index is 12.7. The summed E-state index contributed by atoms with van der Waals surface area (Å²) in [5.41, 5.74) is 2.21. The minimum Gasteiger partial charge on any atom is -0.496 e. The molecule has 3 rings (SSSR count). The summed E-state index contributed by atoms with van der Waals surface area (Å²) in [4.78, 5) is 36.4. The van der Waals surface area contributed by atoms with Gasteiger partial charge in [0.2, 0.25) is 5.91 Å². The molecule has 3 aromatic carbocycles. The van der Waals surface area contributed by atoms with Crippen LogP contribution in [0.15, 0.2) is 72.8 Å². The van der Waals surface area contributed by atoms with Crippen molar-refractivity contribution in [1.82, 2.24) is 0 Å². The van der Waals surface area contributed by atoms with E-state index >= 15 is 0 Å². The molecule has 7 heteroatoms. The van der Waals surface area contributed by atoms with Crippen molar-refractivity contribution in [2.24, 2.45) is 0 Å². The van der Waals surface area contributed by atoms with Crippen molar-refractivity contribution < 1.29 is 23.9 Å². The number of para-hydroxylation sites is 3. The third-order valence-electron chi connectivity index (χ3n) is 4.62. The van der Waals surface area contributed by atoms with Crippen LogP contribution in [0, 0.1) is 0 Å². The predicted molar refractivity (Wildman–Crippen MR) is 122 cm³/mol. The highest BCUT2D eigenvalue weighted by Gasteiger charge is 2.13. The van der Waals surface area contributed by atoms with Crippen molar-refractivity contribution in [3.8, 4) is 11.5 Å². The van der Waals surface area contributed by atoms with Crippen LogP contribution in [0.2, 0.25) is 0 Å². The molecule has 0 heterocycles. The molecular formula is C25H24N2O5. The van der Waals surface area contributed by atoms with Gasteiger partial charge in [-0.2, -0.15) is 0 Å². The Balaban J connectivity index is 1.66. The molecule has 3 aromatic rings. The molecule has 2 N–H and O–H groups in total. The number of carbonyl (C=O) groups excluding carboxylic acids is 3. The van der Waals surface area contributed by atoms with Gasteiger partial charge in [-0.1, -0.05) is 36.4 Å². The summed E-state index contributed by atoms with van der Waals surface area (Å²) in [7, 11) is 1.60. The molecule has 0 saturated carbocycles. The van der Waals surface area contributed by atoms with Gasteiger partial charge in [-0.05, 0) is 48.4 Å². The standard InChI is InChI=1S/C25H24N2O5/c1-17(28)32-20-10-7-9-19(16-20)25(30)27-22-12-5-4-11-21(22)26-24(29)15-14-18-8-3-6-13-23(18)31-2/h3-13,16H,14-15H2,1-2H3,(H,26,29)(H,27,30). The highest BCUT2D eigenvalue weighted by Crippen LogP contribution is 2.24. The number of hydrogen-bond acceptors (Lipinski definition) is 5. The normalized spacial score (nSPS) is 10.2. The summed E-state index contributed by atoms with van der Waals surface area (Å²) in [6.07, 6.45) is 0.778. The van der Waals surface area contributed by atoms with E-state index in [9.17, 15) is 14.4 Å². The number of nitrogens with one attached hydrogen (secondary N) is 2. The van der Waals surface area contributed by atoms with Crippen LogP contribution < -0.4 is 20.1 Å². The fourth-order valence-corrected chi connectivity index (χ4v) is 3.13. The van der Waals surface area contributed by atoms with Crippen molar-refractivity contribution in [2.45, 2.75) is 19.8 Å². The van der Waals surface area contributed by atoms with E-state index in [0.29, 0.717) is 23.4 Å². The molecule has 32 heavy (non-hydrogen) atoms. The summed E-state index contributed by atoms with van der Waals surface area (Å²) in [5, 5.41) is 5.64. The van der Waals surface area contributed by atoms with Gasteiger partial charge in [0.05, 0.1) is 18.5 Å². The first kappa shape index (κ1) is 22.6. The lowest BCUT2D eigenvalue weighted by Gasteiger charge is -2.13. The van der Waals surface area contributed by atoms with E-state index in [2.05, 4.69) is 10.6 Å². The number of anilines is 2. The van der Waals surface area contributed by atoms with Gasteiger partial charge in [0.1, 0.15) is 11.5 Å². The first-order valence-corrected chi connectivity index (χ1v) is 10.1. The predicted octanol–water partition coefficient (Wildman–Crippen LogP) is 4.44. The number of benzene rings is 3. The summed E-state index contributed by atoms with van der Waals surface area (Å²) in [6, 6.07) is 20.8. The van der Waals surface area contributed by atoms with Crippen molar-refractivity contribution in [3.63, 3.8) is 0 Å². The smallest absolute Gasteiger partial charge is 0.308 e. The molecule has 0 saturated heterocycles. The van der Waals surface area contributed by atoms with E-state index in [1.54, 1.807) is 49.6 Å². The van der Waals surface area contributed by atoms with Gasteiger partial charge < -0.3 is 20.1 Å². The molecule has 0 radical (unpaired) electrons. The maximum absolute atomic E-state index is 12.7. The molecule has 0 bridgehead atoms. The molecule has 0 fully saturated rings. The van der Waals surface area contributed by atoms with Crippen LogP contribution >= 0.6 is 0 Å². The lowest BCUT2D eigenvalue weighted by atomic mass is 10.1. The number of carbonyl (C=O) groups is 3. The van der Waals surface area contributed by atoms with E-state index in [0.717, 1.165) is 11.3 Å². The first-order valence-electron chi connectivity index (χ1n) is 10.1. The quantitative estimate of drug-likeness (QED) is 0.405. The van der Waals surface area contributed by atoms with Crippen molar-refractivity contribution in [2.75, 3.05) is 17.7 Å². The first-order chi connectivity index (χ1) is 15.5. The largest absolute Gasteiger partial charge is 0.496 e. The Morgan fingerprint density at radius 2 is 1.53 bits per heavy atom. The molecule has 0 aliphatic carbocycles.